The van der Waals surface area contributed by atoms with Gasteiger partial charge >= 0.3 is 11.9 Å². The van der Waals surface area contributed by atoms with Gasteiger partial charge in [-0.25, -0.2) is 0 Å². The zero-order chi connectivity index (χ0) is 52.0. The maximum Gasteiger partial charge on any atom is 0.306 e. The minimum absolute atomic E-state index is 0.0616. The van der Waals surface area contributed by atoms with Crippen molar-refractivity contribution in [2.24, 2.45) is 0 Å². The molecule has 72 heavy (non-hydrogen) atoms. The molecule has 0 aromatic rings. The van der Waals surface area contributed by atoms with Crippen LogP contribution in [0.4, 0.5) is 0 Å². The minimum Gasteiger partial charge on any atom is -0.462 e. The molecule has 0 saturated heterocycles. The van der Waals surface area contributed by atoms with Crippen LogP contribution in [0.2, 0.25) is 0 Å². The van der Waals surface area contributed by atoms with Crippen LogP contribution in [0.1, 0.15) is 348 Å². The van der Waals surface area contributed by atoms with E-state index in [1.807, 2.05) is 0 Å². The summed E-state index contributed by atoms with van der Waals surface area (Å²) in [5, 5.41) is 9.68. The molecule has 0 fully saturated rings. The number of rotatable bonds is 60. The molecule has 5 nitrogen and oxygen atoms in total. The van der Waals surface area contributed by atoms with Crippen molar-refractivity contribution in [2.45, 2.75) is 354 Å². The fraction of sp³-hybridized carbons (Fsp3) is 0.851. The van der Waals surface area contributed by atoms with Gasteiger partial charge in [0.05, 0.1) is 6.61 Å². The third kappa shape index (κ3) is 60.4. The van der Waals surface area contributed by atoms with Crippen LogP contribution in [0.25, 0.3) is 0 Å². The normalized spacial score (nSPS) is 12.4. The SMILES string of the molecule is CC/C=C\C/C=C\C/C=C\C/C=C\CCCCCCCCCCCCCCCCC(=O)OC(CO)COC(=O)CCCCCCCCCCCCCCCCCCCCCCCCCCCCCCCCC. The van der Waals surface area contributed by atoms with E-state index in [1.54, 1.807) is 0 Å². The molecule has 0 bridgehead atoms. The number of aliphatic hydroxyl groups is 1. The summed E-state index contributed by atoms with van der Waals surface area (Å²) in [5.41, 5.74) is 0. The molecule has 0 saturated carbocycles. The number of allylic oxidation sites excluding steroid dienone is 8. The lowest BCUT2D eigenvalue weighted by Gasteiger charge is -2.15. The summed E-state index contributed by atoms with van der Waals surface area (Å²) in [5.74, 6) is -0.572. The van der Waals surface area contributed by atoms with Crippen LogP contribution in [0.15, 0.2) is 48.6 Å². The molecule has 0 aliphatic rings. The number of carbonyl (C=O) groups is 2. The van der Waals surface area contributed by atoms with Gasteiger partial charge in [-0.05, 0) is 51.4 Å². The number of hydrogen-bond donors (Lipinski definition) is 1. The summed E-state index contributed by atoms with van der Waals surface area (Å²) in [6.07, 6.45) is 84.1. The molecule has 0 aromatic heterocycles. The number of ether oxygens (including phenoxy) is 2. The molecule has 5 heteroatoms. The van der Waals surface area contributed by atoms with Crippen LogP contribution < -0.4 is 0 Å². The van der Waals surface area contributed by atoms with Crippen molar-refractivity contribution < 1.29 is 24.2 Å². The van der Waals surface area contributed by atoms with Crippen molar-refractivity contribution in [1.29, 1.82) is 0 Å². The van der Waals surface area contributed by atoms with Crippen LogP contribution in [-0.2, 0) is 19.1 Å². The first kappa shape index (κ1) is 69.9. The smallest absolute Gasteiger partial charge is 0.306 e. The van der Waals surface area contributed by atoms with Gasteiger partial charge in [0.1, 0.15) is 6.61 Å². The Morgan fingerprint density at radius 2 is 0.597 bits per heavy atom. The number of carbonyl (C=O) groups excluding carboxylic acids is 2. The summed E-state index contributed by atoms with van der Waals surface area (Å²) in [7, 11) is 0. The Hall–Kier alpha value is -2.14. The molecule has 0 aliphatic carbocycles. The first-order chi connectivity index (χ1) is 35.6. The van der Waals surface area contributed by atoms with E-state index in [-0.39, 0.29) is 25.2 Å². The van der Waals surface area contributed by atoms with Crippen molar-refractivity contribution in [3.05, 3.63) is 48.6 Å². The molecule has 0 aromatic carbocycles. The summed E-state index contributed by atoms with van der Waals surface area (Å²) in [6.45, 7) is 4.08. The molecule has 0 aliphatic heterocycles. The topological polar surface area (TPSA) is 72.8 Å². The molecule has 0 heterocycles. The number of hydrogen-bond acceptors (Lipinski definition) is 5. The molecular weight excluding hydrogens is 885 g/mol. The molecular formula is C67H124O5. The van der Waals surface area contributed by atoms with E-state index in [1.165, 1.54) is 263 Å². The van der Waals surface area contributed by atoms with E-state index in [0.29, 0.717) is 12.8 Å². The predicted molar refractivity (Wildman–Crippen MR) is 316 cm³/mol. The molecule has 0 radical (unpaired) electrons. The Morgan fingerprint density at radius 1 is 0.333 bits per heavy atom. The van der Waals surface area contributed by atoms with E-state index in [9.17, 15) is 14.7 Å². The standard InChI is InChI=1S/C67H124O5/c1-3-5-7-9-11-13-15-17-19-21-23-25-27-29-31-32-33-34-36-37-39-41-43-45-47-49-51-53-55-57-59-61-66(69)71-64-65(63-68)72-67(70)62-60-58-56-54-52-50-48-46-44-42-40-38-35-30-28-26-24-22-20-18-16-14-12-10-8-6-4-2/h6,8,12,14,18,20,24,26,65,68H,3-5,7,9-11,13,15-17,19,21-23,25,27-64H2,1-2H3/b8-6-,14-12-,20-18-,26-24-. The molecule has 1 unspecified atom stereocenters. The van der Waals surface area contributed by atoms with Gasteiger partial charge in [-0.1, -0.05) is 332 Å². The van der Waals surface area contributed by atoms with Crippen molar-refractivity contribution >= 4 is 11.9 Å². The maximum atomic E-state index is 12.3. The lowest BCUT2D eigenvalue weighted by molar-refractivity contribution is -0.161. The fourth-order valence-electron chi connectivity index (χ4n) is 9.85. The van der Waals surface area contributed by atoms with E-state index < -0.39 is 6.10 Å². The van der Waals surface area contributed by atoms with Crippen molar-refractivity contribution in [2.75, 3.05) is 13.2 Å². The van der Waals surface area contributed by atoms with Gasteiger partial charge in [0.2, 0.25) is 0 Å². The Labute approximate surface area is 449 Å². The zero-order valence-electron chi connectivity index (χ0n) is 48.5. The Balaban J connectivity index is 3.40. The molecule has 422 valence electrons. The zero-order valence-corrected chi connectivity index (χ0v) is 48.5. The molecule has 0 rings (SSSR count). The van der Waals surface area contributed by atoms with Crippen molar-refractivity contribution in [3.63, 3.8) is 0 Å². The van der Waals surface area contributed by atoms with Gasteiger partial charge in [0.15, 0.2) is 6.10 Å². The fourth-order valence-corrected chi connectivity index (χ4v) is 9.85. The highest BCUT2D eigenvalue weighted by Crippen LogP contribution is 2.18. The highest BCUT2D eigenvalue weighted by Gasteiger charge is 2.16. The van der Waals surface area contributed by atoms with Gasteiger partial charge in [-0.2, -0.15) is 0 Å². The van der Waals surface area contributed by atoms with Crippen LogP contribution >= 0.6 is 0 Å². The minimum atomic E-state index is -0.772. The quantitative estimate of drug-likeness (QED) is 0.0373. The van der Waals surface area contributed by atoms with Crippen molar-refractivity contribution in [3.8, 4) is 0 Å². The summed E-state index contributed by atoms with van der Waals surface area (Å²) >= 11 is 0. The second kappa shape index (κ2) is 63.2. The predicted octanol–water partition coefficient (Wildman–Crippen LogP) is 22.0. The number of aliphatic hydroxyl groups excluding tert-OH is 1. The van der Waals surface area contributed by atoms with Crippen LogP contribution in [0, 0.1) is 0 Å². The van der Waals surface area contributed by atoms with Crippen molar-refractivity contribution in [1.82, 2.24) is 0 Å². The summed E-state index contributed by atoms with van der Waals surface area (Å²) < 4.78 is 10.7. The second-order valence-corrected chi connectivity index (χ2v) is 21.8. The number of esters is 2. The largest absolute Gasteiger partial charge is 0.462 e. The van der Waals surface area contributed by atoms with Crippen LogP contribution in [0.3, 0.4) is 0 Å². The van der Waals surface area contributed by atoms with E-state index in [0.717, 1.165) is 57.8 Å². The maximum absolute atomic E-state index is 12.3. The lowest BCUT2D eigenvalue weighted by atomic mass is 10.0. The van der Waals surface area contributed by atoms with Crippen LogP contribution in [0.5, 0.6) is 0 Å². The molecule has 1 N–H and O–H groups in total. The van der Waals surface area contributed by atoms with Gasteiger partial charge in [-0.15, -0.1) is 0 Å². The highest BCUT2D eigenvalue weighted by molar-refractivity contribution is 5.70. The number of unbranched alkanes of at least 4 members (excludes halogenated alkanes) is 44. The first-order valence-electron chi connectivity index (χ1n) is 32.2. The highest BCUT2D eigenvalue weighted by atomic mass is 16.6. The third-order valence-electron chi connectivity index (χ3n) is 14.6. The Kier molecular flexibility index (Phi) is 61.3. The van der Waals surface area contributed by atoms with Crippen LogP contribution in [-0.4, -0.2) is 36.4 Å². The Bertz CT molecular complexity index is 1190. The van der Waals surface area contributed by atoms with E-state index >= 15 is 0 Å². The van der Waals surface area contributed by atoms with E-state index in [4.69, 9.17) is 9.47 Å². The monoisotopic (exact) mass is 1010 g/mol. The van der Waals surface area contributed by atoms with Gasteiger partial charge < -0.3 is 14.6 Å². The first-order valence-corrected chi connectivity index (χ1v) is 32.2. The molecule has 1 atom stereocenters. The van der Waals surface area contributed by atoms with Gasteiger partial charge in [0.25, 0.3) is 0 Å². The summed E-state index contributed by atoms with van der Waals surface area (Å²) in [6, 6.07) is 0. The second-order valence-electron chi connectivity index (χ2n) is 21.8. The van der Waals surface area contributed by atoms with Gasteiger partial charge in [0, 0.05) is 12.8 Å². The van der Waals surface area contributed by atoms with E-state index in [2.05, 4.69) is 62.5 Å². The molecule has 0 amide bonds. The summed E-state index contributed by atoms with van der Waals surface area (Å²) in [4.78, 5) is 24.6. The van der Waals surface area contributed by atoms with Gasteiger partial charge in [-0.3, -0.25) is 9.59 Å². The Morgan fingerprint density at radius 3 is 0.903 bits per heavy atom. The average molecular weight is 1010 g/mol. The lowest BCUT2D eigenvalue weighted by Crippen LogP contribution is -2.28. The third-order valence-corrected chi connectivity index (χ3v) is 14.6. The average Bonchev–Trinajstić information content (AvgIpc) is 3.38. The molecule has 0 spiro atoms.